The fourth-order valence-corrected chi connectivity index (χ4v) is 2.91. The Kier molecular flexibility index (Phi) is 5.27. The highest BCUT2D eigenvalue weighted by Gasteiger charge is 2.16. The number of amides is 1. The number of aromatic nitrogens is 3. The molecule has 150 valence electrons. The summed E-state index contributed by atoms with van der Waals surface area (Å²) >= 11 is 6.01. The van der Waals surface area contributed by atoms with Crippen molar-refractivity contribution in [2.24, 2.45) is 0 Å². The van der Waals surface area contributed by atoms with Gasteiger partial charge in [0.25, 0.3) is 5.91 Å². The first kappa shape index (κ1) is 19.3. The van der Waals surface area contributed by atoms with Crippen LogP contribution in [0.3, 0.4) is 0 Å². The number of ether oxygens (including phenoxy) is 1. The van der Waals surface area contributed by atoms with Crippen molar-refractivity contribution in [1.29, 1.82) is 0 Å². The zero-order valence-electron chi connectivity index (χ0n) is 15.2. The molecule has 0 saturated carbocycles. The average molecular weight is 425 g/mol. The molecule has 0 aliphatic carbocycles. The Morgan fingerprint density at radius 2 is 2.00 bits per heavy atom. The summed E-state index contributed by atoms with van der Waals surface area (Å²) in [5.41, 5.74) is 0.742. The molecule has 4 rings (SSSR count). The predicted molar refractivity (Wildman–Crippen MR) is 108 cm³/mol. The SMILES string of the molecule is O=C(COC(=O)c1cc(=O)c2ccccc2o1)Nc1cc(Cl)ccc1-n1cncn1. The van der Waals surface area contributed by atoms with Gasteiger partial charge in [-0.05, 0) is 30.3 Å². The molecule has 30 heavy (non-hydrogen) atoms. The summed E-state index contributed by atoms with van der Waals surface area (Å²) in [7, 11) is 0. The molecule has 2 aromatic carbocycles. The van der Waals surface area contributed by atoms with E-state index in [1.807, 2.05) is 0 Å². The van der Waals surface area contributed by atoms with Crippen LogP contribution in [-0.2, 0) is 9.53 Å². The summed E-state index contributed by atoms with van der Waals surface area (Å²) in [6.07, 6.45) is 2.81. The van der Waals surface area contributed by atoms with Crippen LogP contribution in [0.4, 0.5) is 5.69 Å². The molecular weight excluding hydrogens is 412 g/mol. The molecule has 10 heteroatoms. The van der Waals surface area contributed by atoms with E-state index in [9.17, 15) is 14.4 Å². The van der Waals surface area contributed by atoms with Gasteiger partial charge in [-0.15, -0.1) is 0 Å². The van der Waals surface area contributed by atoms with E-state index in [0.29, 0.717) is 21.8 Å². The lowest BCUT2D eigenvalue weighted by Gasteiger charge is -2.11. The van der Waals surface area contributed by atoms with Crippen LogP contribution in [0.2, 0.25) is 5.02 Å². The largest absolute Gasteiger partial charge is 0.450 e. The molecule has 0 bridgehead atoms. The summed E-state index contributed by atoms with van der Waals surface area (Å²) in [5, 5.41) is 7.35. The molecule has 0 unspecified atom stereocenters. The van der Waals surface area contributed by atoms with Gasteiger partial charge in [-0.25, -0.2) is 14.5 Å². The van der Waals surface area contributed by atoms with Gasteiger partial charge in [0, 0.05) is 11.1 Å². The average Bonchev–Trinajstić information content (AvgIpc) is 3.26. The predicted octanol–water partition coefficient (Wildman–Crippen LogP) is 2.82. The number of fused-ring (bicyclic) bond motifs is 1. The molecule has 1 N–H and O–H groups in total. The van der Waals surface area contributed by atoms with Gasteiger partial charge in [0.2, 0.25) is 5.76 Å². The minimum absolute atomic E-state index is 0.248. The van der Waals surface area contributed by atoms with E-state index in [1.54, 1.807) is 36.4 Å². The number of esters is 1. The Hall–Kier alpha value is -3.98. The lowest BCUT2D eigenvalue weighted by atomic mass is 10.2. The van der Waals surface area contributed by atoms with Gasteiger partial charge in [0.1, 0.15) is 18.2 Å². The molecule has 1 amide bonds. The van der Waals surface area contributed by atoms with Crippen LogP contribution in [0, 0.1) is 0 Å². The number of halogens is 1. The van der Waals surface area contributed by atoms with E-state index in [4.69, 9.17) is 20.8 Å². The maximum Gasteiger partial charge on any atom is 0.374 e. The number of rotatable bonds is 5. The molecular formula is C20H13ClN4O5. The van der Waals surface area contributed by atoms with Crippen LogP contribution in [0.5, 0.6) is 0 Å². The lowest BCUT2D eigenvalue weighted by molar-refractivity contribution is -0.119. The number of para-hydroxylation sites is 1. The van der Waals surface area contributed by atoms with Gasteiger partial charge in [-0.3, -0.25) is 9.59 Å². The quantitative estimate of drug-likeness (QED) is 0.489. The van der Waals surface area contributed by atoms with Crippen molar-refractivity contribution in [3.63, 3.8) is 0 Å². The van der Waals surface area contributed by atoms with E-state index < -0.39 is 18.5 Å². The normalized spacial score (nSPS) is 10.7. The Bertz CT molecular complexity index is 1300. The zero-order chi connectivity index (χ0) is 21.1. The Labute approximate surface area is 173 Å². The van der Waals surface area contributed by atoms with Crippen molar-refractivity contribution in [2.75, 3.05) is 11.9 Å². The number of nitrogens with one attached hydrogen (secondary N) is 1. The Morgan fingerprint density at radius 3 is 2.80 bits per heavy atom. The van der Waals surface area contributed by atoms with Crippen molar-refractivity contribution in [3.8, 4) is 5.69 Å². The molecule has 0 saturated heterocycles. The van der Waals surface area contributed by atoms with Crippen LogP contribution < -0.4 is 10.7 Å². The zero-order valence-corrected chi connectivity index (χ0v) is 16.0. The summed E-state index contributed by atoms with van der Waals surface area (Å²) in [6, 6.07) is 12.4. The molecule has 0 aliphatic rings. The smallest absolute Gasteiger partial charge is 0.374 e. The van der Waals surface area contributed by atoms with Gasteiger partial charge in [0.15, 0.2) is 12.0 Å². The monoisotopic (exact) mass is 424 g/mol. The summed E-state index contributed by atoms with van der Waals surface area (Å²) < 4.78 is 11.8. The van der Waals surface area contributed by atoms with Gasteiger partial charge in [-0.2, -0.15) is 5.10 Å². The van der Waals surface area contributed by atoms with E-state index in [2.05, 4.69) is 15.4 Å². The fraction of sp³-hybridized carbons (Fsp3) is 0.0500. The fourth-order valence-electron chi connectivity index (χ4n) is 2.73. The minimum atomic E-state index is -0.935. The van der Waals surface area contributed by atoms with Gasteiger partial charge in [0.05, 0.1) is 16.8 Å². The highest BCUT2D eigenvalue weighted by atomic mass is 35.5. The second kappa shape index (κ2) is 8.18. The number of nitrogens with zero attached hydrogens (tertiary/aromatic N) is 3. The van der Waals surface area contributed by atoms with E-state index in [-0.39, 0.29) is 16.8 Å². The van der Waals surface area contributed by atoms with Crippen LogP contribution in [-0.4, -0.2) is 33.2 Å². The summed E-state index contributed by atoms with van der Waals surface area (Å²) in [6.45, 7) is -0.599. The number of hydrogen-bond donors (Lipinski definition) is 1. The number of carbonyl (C=O) groups is 2. The molecule has 0 fully saturated rings. The molecule has 0 spiro atoms. The van der Waals surface area contributed by atoms with Crippen LogP contribution in [0.1, 0.15) is 10.6 Å². The van der Waals surface area contributed by atoms with Gasteiger partial charge in [-0.1, -0.05) is 23.7 Å². The van der Waals surface area contributed by atoms with Crippen molar-refractivity contribution >= 4 is 40.1 Å². The third-order valence-electron chi connectivity index (χ3n) is 4.07. The molecule has 2 aromatic heterocycles. The highest BCUT2D eigenvalue weighted by Crippen LogP contribution is 2.24. The minimum Gasteiger partial charge on any atom is -0.450 e. The van der Waals surface area contributed by atoms with Crippen LogP contribution in [0.25, 0.3) is 16.7 Å². The van der Waals surface area contributed by atoms with Crippen molar-refractivity contribution < 1.29 is 18.7 Å². The van der Waals surface area contributed by atoms with E-state index in [0.717, 1.165) is 6.07 Å². The topological polar surface area (TPSA) is 116 Å². The molecule has 9 nitrogen and oxygen atoms in total. The molecule has 2 heterocycles. The third kappa shape index (κ3) is 4.06. The van der Waals surface area contributed by atoms with Gasteiger partial charge >= 0.3 is 5.97 Å². The molecule has 0 aliphatic heterocycles. The van der Waals surface area contributed by atoms with Crippen molar-refractivity contribution in [3.05, 3.63) is 82.2 Å². The lowest BCUT2D eigenvalue weighted by Crippen LogP contribution is -2.22. The first-order valence-electron chi connectivity index (χ1n) is 8.66. The first-order chi connectivity index (χ1) is 14.5. The Morgan fingerprint density at radius 1 is 1.17 bits per heavy atom. The second-order valence-electron chi connectivity index (χ2n) is 6.10. The van der Waals surface area contributed by atoms with E-state index >= 15 is 0 Å². The maximum absolute atomic E-state index is 12.3. The maximum atomic E-state index is 12.3. The molecule has 0 radical (unpaired) electrons. The first-order valence-corrected chi connectivity index (χ1v) is 9.03. The van der Waals surface area contributed by atoms with Crippen LogP contribution >= 0.6 is 11.6 Å². The van der Waals surface area contributed by atoms with Crippen molar-refractivity contribution in [2.45, 2.75) is 0 Å². The highest BCUT2D eigenvalue weighted by molar-refractivity contribution is 6.31. The standard InChI is InChI=1S/C20H13ClN4O5/c21-12-5-6-15(25-11-22-10-23-25)14(7-12)24-19(27)9-29-20(28)18-8-16(26)13-3-1-2-4-17(13)30-18/h1-8,10-11H,9H2,(H,24,27). The Balaban J connectivity index is 1.46. The number of hydrogen-bond acceptors (Lipinski definition) is 7. The van der Waals surface area contributed by atoms with E-state index in [1.165, 1.54) is 23.4 Å². The number of carbonyl (C=O) groups excluding carboxylic acids is 2. The second-order valence-corrected chi connectivity index (χ2v) is 6.53. The van der Waals surface area contributed by atoms with Crippen molar-refractivity contribution in [1.82, 2.24) is 14.8 Å². The number of benzene rings is 2. The molecule has 0 atom stereocenters. The third-order valence-corrected chi connectivity index (χ3v) is 4.30. The summed E-state index contributed by atoms with van der Waals surface area (Å²) in [4.78, 5) is 40.5. The number of anilines is 1. The summed E-state index contributed by atoms with van der Waals surface area (Å²) in [5.74, 6) is -1.84. The van der Waals surface area contributed by atoms with Gasteiger partial charge < -0.3 is 14.5 Å². The van der Waals surface area contributed by atoms with Crippen LogP contribution in [0.15, 0.2) is 70.4 Å². The molecule has 4 aromatic rings.